The fraction of sp³-hybridized carbons (Fsp3) is 0.250. The summed E-state index contributed by atoms with van der Waals surface area (Å²) in [6.07, 6.45) is 0. The van der Waals surface area contributed by atoms with Crippen molar-refractivity contribution in [2.45, 2.75) is 0 Å². The van der Waals surface area contributed by atoms with Gasteiger partial charge in [0.1, 0.15) is 26.4 Å². The molecule has 2 aliphatic heterocycles. The van der Waals surface area contributed by atoms with E-state index in [9.17, 15) is 0 Å². The fourth-order valence-electron chi connectivity index (χ4n) is 2.65. The molecular formula is C16H12O4S3. The van der Waals surface area contributed by atoms with Crippen molar-refractivity contribution in [1.82, 2.24) is 0 Å². The molecule has 0 bridgehead atoms. The topological polar surface area (TPSA) is 36.9 Å². The van der Waals surface area contributed by atoms with Gasteiger partial charge < -0.3 is 18.9 Å². The number of ether oxygens (including phenoxy) is 4. The van der Waals surface area contributed by atoms with Crippen molar-refractivity contribution in [3.8, 4) is 42.5 Å². The Morgan fingerprint density at radius 2 is 1.13 bits per heavy atom. The van der Waals surface area contributed by atoms with Gasteiger partial charge in [0.2, 0.25) is 0 Å². The molecule has 0 unspecified atom stereocenters. The second kappa shape index (κ2) is 5.43. The number of fused-ring (bicyclic) bond motifs is 2. The van der Waals surface area contributed by atoms with Gasteiger partial charge in [0, 0.05) is 20.5 Å². The third kappa shape index (κ3) is 2.22. The van der Waals surface area contributed by atoms with Crippen LogP contribution in [0, 0.1) is 0 Å². The summed E-state index contributed by atoms with van der Waals surface area (Å²) in [5.74, 6) is 3.47. The monoisotopic (exact) mass is 364 g/mol. The highest BCUT2D eigenvalue weighted by Gasteiger charge is 2.24. The van der Waals surface area contributed by atoms with Crippen LogP contribution in [0.4, 0.5) is 0 Å². The largest absolute Gasteiger partial charge is 0.485 e. The minimum atomic E-state index is 0.610. The van der Waals surface area contributed by atoms with Gasteiger partial charge in [-0.15, -0.1) is 34.0 Å². The number of hydrogen-bond donors (Lipinski definition) is 0. The van der Waals surface area contributed by atoms with E-state index in [1.54, 1.807) is 34.0 Å². The molecule has 7 heteroatoms. The summed E-state index contributed by atoms with van der Waals surface area (Å²) >= 11 is 5.08. The summed E-state index contributed by atoms with van der Waals surface area (Å²) in [4.78, 5) is 4.66. The summed E-state index contributed by atoms with van der Waals surface area (Å²) in [6, 6.07) is 4.28. The molecule has 0 N–H and O–H groups in total. The lowest BCUT2D eigenvalue weighted by molar-refractivity contribution is 0.174. The summed E-state index contributed by atoms with van der Waals surface area (Å²) in [5.41, 5.74) is 0. The minimum Gasteiger partial charge on any atom is -0.485 e. The van der Waals surface area contributed by atoms with E-state index in [4.69, 9.17) is 18.9 Å². The molecule has 0 fully saturated rings. The van der Waals surface area contributed by atoms with E-state index < -0.39 is 0 Å². The van der Waals surface area contributed by atoms with Gasteiger partial charge in [-0.25, -0.2) is 0 Å². The molecule has 118 valence electrons. The molecule has 0 atom stereocenters. The summed E-state index contributed by atoms with van der Waals surface area (Å²) < 4.78 is 22.8. The van der Waals surface area contributed by atoms with Crippen LogP contribution in [0.5, 0.6) is 23.0 Å². The van der Waals surface area contributed by atoms with E-state index in [1.807, 2.05) is 10.8 Å². The van der Waals surface area contributed by atoms with Gasteiger partial charge in [0.15, 0.2) is 23.0 Å². The molecule has 0 saturated heterocycles. The Bertz CT molecular complexity index is 792. The normalized spacial score (nSPS) is 15.7. The first kappa shape index (κ1) is 13.7. The third-order valence-electron chi connectivity index (χ3n) is 3.66. The van der Waals surface area contributed by atoms with Gasteiger partial charge in [0.05, 0.1) is 9.75 Å². The van der Waals surface area contributed by atoms with Crippen LogP contribution in [-0.4, -0.2) is 26.4 Å². The smallest absolute Gasteiger partial charge is 0.180 e. The van der Waals surface area contributed by atoms with E-state index in [1.165, 1.54) is 9.75 Å². The Labute approximate surface area is 144 Å². The molecule has 5 rings (SSSR count). The van der Waals surface area contributed by atoms with Crippen LogP contribution in [0.25, 0.3) is 19.5 Å². The highest BCUT2D eigenvalue weighted by atomic mass is 32.1. The van der Waals surface area contributed by atoms with Crippen LogP contribution in [0.15, 0.2) is 22.9 Å². The Morgan fingerprint density at radius 3 is 1.65 bits per heavy atom. The highest BCUT2D eigenvalue weighted by molar-refractivity contribution is 7.26. The standard InChI is InChI=1S/C16H12O4S3/c1-2-12(16-14-10(8-22-16)18-4-6-20-14)23-11(1)15-13-9(7-21-15)17-3-5-19-13/h1-2,7-8H,3-6H2. The van der Waals surface area contributed by atoms with E-state index in [2.05, 4.69) is 12.1 Å². The van der Waals surface area contributed by atoms with Crippen LogP contribution >= 0.6 is 34.0 Å². The van der Waals surface area contributed by atoms with E-state index in [0.717, 1.165) is 32.8 Å². The number of rotatable bonds is 2. The van der Waals surface area contributed by atoms with E-state index in [-0.39, 0.29) is 0 Å². The SMILES string of the molecule is c1cc(-c2scc3c2OCCO3)sc1-c1scc2c1OCCO2. The van der Waals surface area contributed by atoms with Crippen LogP contribution in [0.3, 0.4) is 0 Å². The highest BCUT2D eigenvalue weighted by Crippen LogP contribution is 2.52. The predicted octanol–water partition coefficient (Wildman–Crippen LogP) is 4.75. The first-order valence-electron chi connectivity index (χ1n) is 7.25. The first-order valence-corrected chi connectivity index (χ1v) is 9.82. The first-order chi connectivity index (χ1) is 11.4. The fourth-order valence-corrected chi connectivity index (χ4v) is 5.77. The van der Waals surface area contributed by atoms with Crippen molar-refractivity contribution in [2.75, 3.05) is 26.4 Å². The summed E-state index contributed by atoms with van der Waals surface area (Å²) in [5, 5.41) is 4.04. The predicted molar refractivity (Wildman–Crippen MR) is 92.9 cm³/mol. The van der Waals surface area contributed by atoms with E-state index >= 15 is 0 Å². The molecule has 0 radical (unpaired) electrons. The van der Waals surface area contributed by atoms with Crippen LogP contribution in [0.2, 0.25) is 0 Å². The van der Waals surface area contributed by atoms with Crippen molar-refractivity contribution in [3.05, 3.63) is 22.9 Å². The van der Waals surface area contributed by atoms with Gasteiger partial charge in [-0.3, -0.25) is 0 Å². The molecule has 4 nitrogen and oxygen atoms in total. The summed E-state index contributed by atoms with van der Waals surface area (Å²) in [6.45, 7) is 2.46. The Hall–Kier alpha value is -1.70. The van der Waals surface area contributed by atoms with Gasteiger partial charge in [-0.1, -0.05) is 0 Å². The molecule has 0 amide bonds. The molecule has 0 saturated carbocycles. The van der Waals surface area contributed by atoms with Crippen molar-refractivity contribution in [3.63, 3.8) is 0 Å². The van der Waals surface area contributed by atoms with Gasteiger partial charge in [-0.05, 0) is 12.1 Å². The summed E-state index contributed by atoms with van der Waals surface area (Å²) in [7, 11) is 0. The zero-order valence-corrected chi connectivity index (χ0v) is 14.4. The maximum absolute atomic E-state index is 5.79. The molecule has 2 aliphatic rings. The van der Waals surface area contributed by atoms with Crippen molar-refractivity contribution >= 4 is 34.0 Å². The second-order valence-corrected chi connectivity index (χ2v) is 7.92. The van der Waals surface area contributed by atoms with E-state index in [0.29, 0.717) is 26.4 Å². The molecule has 5 heterocycles. The maximum atomic E-state index is 5.79. The van der Waals surface area contributed by atoms with Gasteiger partial charge in [0.25, 0.3) is 0 Å². The Balaban J connectivity index is 1.54. The second-order valence-electron chi connectivity index (χ2n) is 5.07. The molecule has 0 spiro atoms. The average molecular weight is 364 g/mol. The lowest BCUT2D eigenvalue weighted by Crippen LogP contribution is -2.14. The average Bonchev–Trinajstić information content (AvgIpc) is 3.31. The molecule has 23 heavy (non-hydrogen) atoms. The maximum Gasteiger partial charge on any atom is 0.180 e. The van der Waals surface area contributed by atoms with Crippen LogP contribution in [-0.2, 0) is 0 Å². The minimum absolute atomic E-state index is 0.610. The Kier molecular flexibility index (Phi) is 3.24. The zero-order valence-electron chi connectivity index (χ0n) is 12.0. The molecule has 0 aromatic carbocycles. The zero-order chi connectivity index (χ0) is 15.2. The van der Waals surface area contributed by atoms with Crippen LogP contribution in [0.1, 0.15) is 0 Å². The van der Waals surface area contributed by atoms with Crippen molar-refractivity contribution in [1.29, 1.82) is 0 Å². The van der Waals surface area contributed by atoms with Crippen LogP contribution < -0.4 is 18.9 Å². The number of hydrogen-bond acceptors (Lipinski definition) is 7. The quantitative estimate of drug-likeness (QED) is 0.658. The molecule has 0 aliphatic carbocycles. The molecule has 3 aromatic rings. The van der Waals surface area contributed by atoms with Crippen molar-refractivity contribution < 1.29 is 18.9 Å². The lowest BCUT2D eigenvalue weighted by atomic mass is 10.3. The van der Waals surface area contributed by atoms with Crippen molar-refractivity contribution in [2.24, 2.45) is 0 Å². The van der Waals surface area contributed by atoms with Gasteiger partial charge in [-0.2, -0.15) is 0 Å². The third-order valence-corrected chi connectivity index (χ3v) is 6.98. The molecule has 3 aromatic heterocycles. The van der Waals surface area contributed by atoms with Gasteiger partial charge >= 0.3 is 0 Å². The number of thiophene rings is 3. The Morgan fingerprint density at radius 1 is 0.652 bits per heavy atom. The lowest BCUT2D eigenvalue weighted by Gasteiger charge is -2.15. The molecular weight excluding hydrogens is 352 g/mol.